The lowest BCUT2D eigenvalue weighted by Gasteiger charge is -2.40. The van der Waals surface area contributed by atoms with E-state index < -0.39 is 5.41 Å². The number of anilines is 3. The van der Waals surface area contributed by atoms with Gasteiger partial charge in [0.05, 0.1) is 11.1 Å². The Labute approximate surface area is 352 Å². The van der Waals surface area contributed by atoms with Gasteiger partial charge in [0.1, 0.15) is 0 Å². The Morgan fingerprint density at radius 1 is 0.424 bits per heavy atom. The molecule has 59 heavy (non-hydrogen) atoms. The lowest BCUT2D eigenvalue weighted by atomic mass is 9.67. The van der Waals surface area contributed by atoms with Crippen LogP contribution in [0, 0.1) is 0 Å². The van der Waals surface area contributed by atoms with Crippen molar-refractivity contribution < 1.29 is 0 Å². The van der Waals surface area contributed by atoms with Gasteiger partial charge in [-0.1, -0.05) is 159 Å². The monoisotopic (exact) mass is 787 g/mol. The average Bonchev–Trinajstić information content (AvgIpc) is 3.88. The molecule has 13 rings (SSSR count). The van der Waals surface area contributed by atoms with Crippen molar-refractivity contribution >= 4 is 71.1 Å². The fraction of sp³-hybridized carbons (Fsp3) is 0.0714. The topological polar surface area (TPSA) is 3.24 Å². The number of nitrogens with zero attached hydrogens (tertiary/aromatic N) is 1. The summed E-state index contributed by atoms with van der Waals surface area (Å²) in [5, 5.41) is 5.23. The van der Waals surface area contributed by atoms with Gasteiger partial charge < -0.3 is 4.90 Å². The number of hydrogen-bond donors (Lipinski definition) is 0. The fourth-order valence-corrected chi connectivity index (χ4v) is 13.4. The van der Waals surface area contributed by atoms with Crippen LogP contribution in [-0.4, -0.2) is 0 Å². The van der Waals surface area contributed by atoms with Crippen LogP contribution >= 0.6 is 23.1 Å². The zero-order valence-corrected chi connectivity index (χ0v) is 34.3. The molecule has 0 bridgehead atoms. The Kier molecular flexibility index (Phi) is 6.87. The van der Waals surface area contributed by atoms with Crippen molar-refractivity contribution in [2.45, 2.75) is 34.5 Å². The molecule has 1 nitrogen and oxygen atoms in total. The average molecular weight is 788 g/mol. The molecule has 0 fully saturated rings. The minimum Gasteiger partial charge on any atom is -0.310 e. The van der Waals surface area contributed by atoms with Crippen LogP contribution < -0.4 is 4.90 Å². The number of fused-ring (bicyclic) bond motifs is 17. The molecule has 0 saturated carbocycles. The third-order valence-corrected chi connectivity index (χ3v) is 15.8. The minimum absolute atomic E-state index is 0.189. The van der Waals surface area contributed by atoms with Crippen molar-refractivity contribution in [2.75, 3.05) is 4.90 Å². The highest BCUT2D eigenvalue weighted by Crippen LogP contribution is 2.63. The largest absolute Gasteiger partial charge is 0.310 e. The second-order valence-electron chi connectivity index (χ2n) is 16.8. The second-order valence-corrected chi connectivity index (χ2v) is 18.9. The Morgan fingerprint density at radius 3 is 1.83 bits per heavy atom. The van der Waals surface area contributed by atoms with Crippen LogP contribution in [0.25, 0.3) is 53.2 Å². The van der Waals surface area contributed by atoms with Gasteiger partial charge >= 0.3 is 0 Å². The van der Waals surface area contributed by atoms with E-state index in [0.717, 1.165) is 5.69 Å². The highest BCUT2D eigenvalue weighted by atomic mass is 32.2. The molecule has 0 atom stereocenters. The highest BCUT2D eigenvalue weighted by Gasteiger charge is 2.50. The molecule has 1 spiro atoms. The van der Waals surface area contributed by atoms with E-state index in [-0.39, 0.29) is 5.41 Å². The predicted octanol–water partition coefficient (Wildman–Crippen LogP) is 15.8. The smallest absolute Gasteiger partial charge is 0.0736 e. The van der Waals surface area contributed by atoms with Gasteiger partial charge in [0.15, 0.2) is 0 Å². The molecule has 3 aliphatic rings. The predicted molar refractivity (Wildman–Crippen MR) is 251 cm³/mol. The first kappa shape index (κ1) is 33.6. The second kappa shape index (κ2) is 12.1. The minimum atomic E-state index is -0.463. The lowest BCUT2D eigenvalue weighted by molar-refractivity contribution is 0.666. The number of hydrogen-bond acceptors (Lipinski definition) is 3. The Morgan fingerprint density at radius 2 is 1.02 bits per heavy atom. The summed E-state index contributed by atoms with van der Waals surface area (Å²) < 4.78 is 2.61. The van der Waals surface area contributed by atoms with Crippen LogP contribution in [0.1, 0.15) is 47.2 Å². The van der Waals surface area contributed by atoms with E-state index in [2.05, 4.69) is 207 Å². The first-order chi connectivity index (χ1) is 29.0. The van der Waals surface area contributed by atoms with E-state index in [9.17, 15) is 0 Å². The fourth-order valence-electron chi connectivity index (χ4n) is 11.1. The summed E-state index contributed by atoms with van der Waals surface area (Å²) in [7, 11) is 0. The van der Waals surface area contributed by atoms with E-state index in [1.54, 1.807) is 0 Å². The SMILES string of the molecule is CC1(C)c2cc(N(c3ccc4c(c3)C3(c5ccccc5S4)c4ccccc4-c4ccccc43)c3cccc4sc5ccccc5c34)ccc2-c2ccc3ccccc3c21. The van der Waals surface area contributed by atoms with E-state index in [1.807, 2.05) is 23.1 Å². The molecule has 1 aliphatic heterocycles. The molecular weight excluding hydrogens is 751 g/mol. The van der Waals surface area contributed by atoms with Crippen molar-refractivity contribution in [1.29, 1.82) is 0 Å². The summed E-state index contributed by atoms with van der Waals surface area (Å²) in [6.45, 7) is 4.83. The molecule has 9 aromatic carbocycles. The molecule has 0 radical (unpaired) electrons. The van der Waals surface area contributed by atoms with Crippen LogP contribution in [0.5, 0.6) is 0 Å². The maximum atomic E-state index is 2.56. The molecule has 0 amide bonds. The molecule has 1 aromatic heterocycles. The summed E-state index contributed by atoms with van der Waals surface area (Å²) in [4.78, 5) is 5.18. The molecule has 2 aliphatic carbocycles. The third-order valence-electron chi connectivity index (χ3n) is 13.5. The third kappa shape index (κ3) is 4.42. The first-order valence-electron chi connectivity index (χ1n) is 20.5. The van der Waals surface area contributed by atoms with Gasteiger partial charge in [0.25, 0.3) is 0 Å². The van der Waals surface area contributed by atoms with Crippen LogP contribution in [-0.2, 0) is 10.8 Å². The van der Waals surface area contributed by atoms with Crippen molar-refractivity contribution in [3.05, 3.63) is 221 Å². The zero-order valence-electron chi connectivity index (χ0n) is 32.7. The van der Waals surface area contributed by atoms with Crippen molar-refractivity contribution in [3.8, 4) is 22.3 Å². The van der Waals surface area contributed by atoms with Gasteiger partial charge in [-0.2, -0.15) is 0 Å². The molecule has 0 unspecified atom stereocenters. The van der Waals surface area contributed by atoms with Gasteiger partial charge in [-0.25, -0.2) is 0 Å². The summed E-state index contributed by atoms with van der Waals surface area (Å²) >= 11 is 3.78. The summed E-state index contributed by atoms with van der Waals surface area (Å²) in [5.74, 6) is 0. The maximum absolute atomic E-state index is 2.56. The molecule has 3 heteroatoms. The number of benzene rings is 9. The zero-order chi connectivity index (χ0) is 39.0. The normalized spacial score (nSPS) is 14.8. The first-order valence-corrected chi connectivity index (χ1v) is 22.1. The Bertz CT molecular complexity index is 3380. The lowest BCUT2D eigenvalue weighted by Crippen LogP contribution is -2.32. The summed E-state index contributed by atoms with van der Waals surface area (Å²) in [6, 6.07) is 71.2. The van der Waals surface area contributed by atoms with E-state index in [4.69, 9.17) is 0 Å². The molecule has 0 N–H and O–H groups in total. The van der Waals surface area contributed by atoms with Gasteiger partial charge in [0.2, 0.25) is 0 Å². The van der Waals surface area contributed by atoms with Gasteiger partial charge in [-0.15, -0.1) is 11.3 Å². The standard InChI is InChI=1S/C56H37NS2/c1-55(2)46-32-35(27-30-40(46)41-29-26-34-14-3-4-15-37(34)54(41)55)57(48-22-13-25-52-53(48)42-18-7-11-23-49(42)58-52)36-28-31-51-47(33-36)56(45-21-10-12-24-50(45)59-51)43-19-8-5-16-38(43)39-17-6-9-20-44(39)56/h3-33H,1-2H3. The van der Waals surface area contributed by atoms with Crippen LogP contribution in [0.3, 0.4) is 0 Å². The van der Waals surface area contributed by atoms with Crippen LogP contribution in [0.15, 0.2) is 198 Å². The molecule has 2 heterocycles. The van der Waals surface area contributed by atoms with Crippen molar-refractivity contribution in [1.82, 2.24) is 0 Å². The molecule has 278 valence electrons. The summed E-state index contributed by atoms with van der Waals surface area (Å²) in [6.07, 6.45) is 0. The highest BCUT2D eigenvalue weighted by molar-refractivity contribution is 7.99. The van der Waals surface area contributed by atoms with Crippen LogP contribution in [0.4, 0.5) is 17.1 Å². The van der Waals surface area contributed by atoms with Crippen molar-refractivity contribution in [2.24, 2.45) is 0 Å². The van der Waals surface area contributed by atoms with E-state index >= 15 is 0 Å². The Balaban J connectivity index is 1.10. The van der Waals surface area contributed by atoms with Crippen molar-refractivity contribution in [3.63, 3.8) is 0 Å². The summed E-state index contributed by atoms with van der Waals surface area (Å²) in [5.41, 5.74) is 16.4. The molecule has 10 aromatic rings. The number of thiophene rings is 1. The van der Waals surface area contributed by atoms with E-state index in [0.29, 0.717) is 0 Å². The molecule has 0 saturated heterocycles. The van der Waals surface area contributed by atoms with Gasteiger partial charge in [-0.3, -0.25) is 0 Å². The molecular formula is C56H37NS2. The van der Waals surface area contributed by atoms with E-state index in [1.165, 1.54) is 108 Å². The Hall–Kier alpha value is -6.39. The maximum Gasteiger partial charge on any atom is 0.0736 e. The quantitative estimate of drug-likeness (QED) is 0.175. The van der Waals surface area contributed by atoms with Crippen LogP contribution in [0.2, 0.25) is 0 Å². The van der Waals surface area contributed by atoms with Gasteiger partial charge in [-0.05, 0) is 121 Å². The number of rotatable bonds is 3. The van der Waals surface area contributed by atoms with Gasteiger partial charge in [0, 0.05) is 46.8 Å².